The Morgan fingerprint density at radius 1 is 1.29 bits per heavy atom. The zero-order valence-electron chi connectivity index (χ0n) is 9.81. The molecule has 1 aliphatic rings. The quantitative estimate of drug-likeness (QED) is 0.757. The second-order valence-corrected chi connectivity index (χ2v) is 5.31. The zero-order valence-corrected chi connectivity index (χ0v) is 11.4. The van der Waals surface area contributed by atoms with E-state index in [1.165, 1.54) is 18.9 Å². The van der Waals surface area contributed by atoms with Crippen molar-refractivity contribution in [3.63, 3.8) is 0 Å². The molecule has 1 aliphatic carbocycles. The monoisotopic (exact) mass is 300 g/mol. The van der Waals surface area contributed by atoms with Gasteiger partial charge in [0.1, 0.15) is 5.82 Å². The van der Waals surface area contributed by atoms with Crippen LogP contribution in [0.25, 0.3) is 0 Å². The lowest BCUT2D eigenvalue weighted by atomic mass is 10.2. The molecule has 0 bridgehead atoms. The lowest BCUT2D eigenvalue weighted by molar-refractivity contribution is 0.565. The molecule has 0 aliphatic heterocycles. The van der Waals surface area contributed by atoms with Crippen LogP contribution in [-0.4, -0.2) is 19.1 Å². The molecule has 0 unspecified atom stereocenters. The van der Waals surface area contributed by atoms with Gasteiger partial charge in [0.2, 0.25) is 0 Å². The maximum Gasteiger partial charge on any atom is 0.128 e. The van der Waals surface area contributed by atoms with E-state index in [0.29, 0.717) is 12.1 Å². The molecule has 1 aromatic rings. The highest BCUT2D eigenvalue weighted by Gasteiger charge is 2.19. The first-order valence-electron chi connectivity index (χ1n) is 6.14. The Morgan fingerprint density at radius 3 is 2.82 bits per heavy atom. The molecule has 1 aromatic carbocycles. The Balaban J connectivity index is 1.63. The second-order valence-electron chi connectivity index (χ2n) is 4.46. The SMILES string of the molecule is Fc1cccc(Br)c1CNCCCNC1CC1. The maximum atomic E-state index is 13.5. The molecule has 0 aromatic heterocycles. The van der Waals surface area contributed by atoms with Crippen LogP contribution in [0.4, 0.5) is 4.39 Å². The Kier molecular flexibility index (Phi) is 4.95. The van der Waals surface area contributed by atoms with Crippen molar-refractivity contribution < 1.29 is 4.39 Å². The van der Waals surface area contributed by atoms with E-state index in [4.69, 9.17) is 0 Å². The first-order chi connectivity index (χ1) is 8.27. The van der Waals surface area contributed by atoms with Gasteiger partial charge in [0.25, 0.3) is 0 Å². The van der Waals surface area contributed by atoms with Gasteiger partial charge in [0, 0.05) is 22.6 Å². The molecule has 0 saturated heterocycles. The maximum absolute atomic E-state index is 13.5. The molecule has 0 spiro atoms. The molecule has 0 amide bonds. The van der Waals surface area contributed by atoms with Crippen molar-refractivity contribution >= 4 is 15.9 Å². The van der Waals surface area contributed by atoms with Gasteiger partial charge < -0.3 is 10.6 Å². The first kappa shape index (κ1) is 13.0. The molecule has 0 heterocycles. The highest BCUT2D eigenvalue weighted by molar-refractivity contribution is 9.10. The molecule has 2 rings (SSSR count). The van der Waals surface area contributed by atoms with Gasteiger partial charge in [-0.05, 0) is 44.5 Å². The van der Waals surface area contributed by atoms with Gasteiger partial charge in [-0.2, -0.15) is 0 Å². The van der Waals surface area contributed by atoms with Crippen molar-refractivity contribution in [1.82, 2.24) is 10.6 Å². The van der Waals surface area contributed by atoms with Crippen molar-refractivity contribution in [2.24, 2.45) is 0 Å². The van der Waals surface area contributed by atoms with Crippen molar-refractivity contribution in [1.29, 1.82) is 0 Å². The van der Waals surface area contributed by atoms with E-state index >= 15 is 0 Å². The predicted octanol–water partition coefficient (Wildman–Crippen LogP) is 2.82. The lowest BCUT2D eigenvalue weighted by Crippen LogP contribution is -2.23. The molecule has 2 nitrogen and oxygen atoms in total. The third kappa shape index (κ3) is 4.37. The Hall–Kier alpha value is -0.450. The van der Waals surface area contributed by atoms with Gasteiger partial charge >= 0.3 is 0 Å². The highest BCUT2D eigenvalue weighted by Crippen LogP contribution is 2.19. The summed E-state index contributed by atoms with van der Waals surface area (Å²) in [5.41, 5.74) is 0.711. The van der Waals surface area contributed by atoms with Crippen LogP contribution in [0.1, 0.15) is 24.8 Å². The fourth-order valence-corrected chi connectivity index (χ4v) is 2.20. The number of benzene rings is 1. The van der Waals surface area contributed by atoms with Crippen LogP contribution in [0.3, 0.4) is 0 Å². The minimum Gasteiger partial charge on any atom is -0.314 e. The van der Waals surface area contributed by atoms with Gasteiger partial charge in [0.05, 0.1) is 0 Å². The van der Waals surface area contributed by atoms with Crippen molar-refractivity contribution in [3.05, 3.63) is 34.1 Å². The summed E-state index contributed by atoms with van der Waals surface area (Å²) in [6, 6.07) is 5.85. The minimum atomic E-state index is -0.150. The lowest BCUT2D eigenvalue weighted by Gasteiger charge is -2.08. The summed E-state index contributed by atoms with van der Waals surface area (Å²) < 4.78 is 14.3. The van der Waals surface area contributed by atoms with Gasteiger partial charge in [-0.3, -0.25) is 0 Å². The molecule has 1 fully saturated rings. The van der Waals surface area contributed by atoms with E-state index in [9.17, 15) is 4.39 Å². The third-order valence-corrected chi connectivity index (χ3v) is 3.65. The van der Waals surface area contributed by atoms with Gasteiger partial charge in [-0.15, -0.1) is 0 Å². The van der Waals surface area contributed by atoms with Crippen LogP contribution in [0, 0.1) is 5.82 Å². The van der Waals surface area contributed by atoms with E-state index in [1.54, 1.807) is 6.07 Å². The number of halogens is 2. The first-order valence-corrected chi connectivity index (χ1v) is 6.93. The minimum absolute atomic E-state index is 0.150. The largest absolute Gasteiger partial charge is 0.314 e. The Morgan fingerprint density at radius 2 is 2.12 bits per heavy atom. The van der Waals surface area contributed by atoms with E-state index in [1.807, 2.05) is 6.07 Å². The Bertz CT molecular complexity index is 346. The molecule has 2 N–H and O–H groups in total. The van der Waals surface area contributed by atoms with Crippen LogP contribution in [-0.2, 0) is 6.54 Å². The summed E-state index contributed by atoms with van der Waals surface area (Å²) in [7, 11) is 0. The average Bonchev–Trinajstić information content (AvgIpc) is 3.10. The number of nitrogens with one attached hydrogen (secondary N) is 2. The van der Waals surface area contributed by atoms with E-state index in [-0.39, 0.29) is 5.82 Å². The van der Waals surface area contributed by atoms with Crippen molar-refractivity contribution in [2.75, 3.05) is 13.1 Å². The van der Waals surface area contributed by atoms with Gasteiger partial charge in [-0.1, -0.05) is 22.0 Å². The van der Waals surface area contributed by atoms with Gasteiger partial charge in [-0.25, -0.2) is 4.39 Å². The summed E-state index contributed by atoms with van der Waals surface area (Å²) in [5, 5.41) is 6.72. The van der Waals surface area contributed by atoms with E-state index in [2.05, 4.69) is 26.6 Å². The normalized spacial score (nSPS) is 15.2. The van der Waals surface area contributed by atoms with Crippen molar-refractivity contribution in [3.8, 4) is 0 Å². The van der Waals surface area contributed by atoms with Crippen molar-refractivity contribution in [2.45, 2.75) is 31.8 Å². The van der Waals surface area contributed by atoms with E-state index < -0.39 is 0 Å². The van der Waals surface area contributed by atoms with Crippen LogP contribution < -0.4 is 10.6 Å². The standard InChI is InChI=1S/C13H18BrFN2/c14-12-3-1-4-13(15)11(12)9-16-7-2-8-17-10-5-6-10/h1,3-4,10,16-17H,2,5-9H2. The van der Waals surface area contributed by atoms with Gasteiger partial charge in [0.15, 0.2) is 0 Å². The third-order valence-electron chi connectivity index (χ3n) is 2.90. The molecular formula is C13H18BrFN2. The molecule has 1 saturated carbocycles. The average molecular weight is 301 g/mol. The van der Waals surface area contributed by atoms with Crippen LogP contribution in [0.5, 0.6) is 0 Å². The van der Waals surface area contributed by atoms with Crippen LogP contribution in [0.2, 0.25) is 0 Å². The fourth-order valence-electron chi connectivity index (χ4n) is 1.72. The van der Waals surface area contributed by atoms with Crippen LogP contribution >= 0.6 is 15.9 Å². The Labute approximate surface area is 110 Å². The molecule has 17 heavy (non-hydrogen) atoms. The van der Waals surface area contributed by atoms with E-state index in [0.717, 1.165) is 30.0 Å². The second kappa shape index (κ2) is 6.47. The summed E-state index contributed by atoms with van der Waals surface area (Å²) >= 11 is 3.36. The smallest absolute Gasteiger partial charge is 0.128 e. The number of hydrogen-bond donors (Lipinski definition) is 2. The number of hydrogen-bond acceptors (Lipinski definition) is 2. The molecule has 4 heteroatoms. The molecule has 0 atom stereocenters. The fraction of sp³-hybridized carbons (Fsp3) is 0.538. The topological polar surface area (TPSA) is 24.1 Å². The molecule has 94 valence electrons. The van der Waals surface area contributed by atoms with Crippen LogP contribution in [0.15, 0.2) is 22.7 Å². The zero-order chi connectivity index (χ0) is 12.1. The summed E-state index contributed by atoms with van der Waals surface area (Å²) in [6.07, 6.45) is 3.74. The molecular weight excluding hydrogens is 283 g/mol. The summed E-state index contributed by atoms with van der Waals surface area (Å²) in [4.78, 5) is 0. The number of rotatable bonds is 7. The summed E-state index contributed by atoms with van der Waals surface area (Å²) in [6.45, 7) is 2.55. The molecule has 0 radical (unpaired) electrons. The summed E-state index contributed by atoms with van der Waals surface area (Å²) in [5.74, 6) is -0.150. The predicted molar refractivity (Wildman–Crippen MR) is 71.4 cm³/mol. The highest BCUT2D eigenvalue weighted by atomic mass is 79.9.